The fourth-order valence-corrected chi connectivity index (χ4v) is 7.54. The Balaban J connectivity index is 0.000000139. The highest BCUT2D eigenvalue weighted by Crippen LogP contribution is 2.39. The van der Waals surface area contributed by atoms with E-state index in [1.54, 1.807) is 12.1 Å². The Kier molecular flexibility index (Phi) is 10.5. The van der Waals surface area contributed by atoms with Crippen LogP contribution in [0.25, 0.3) is 71.3 Å². The van der Waals surface area contributed by atoms with E-state index in [0.717, 1.165) is 49.4 Å². The molecule has 0 aliphatic rings. The molecule has 0 atom stereocenters. The van der Waals surface area contributed by atoms with Gasteiger partial charge in [0, 0.05) is 32.6 Å². The van der Waals surface area contributed by atoms with Gasteiger partial charge >= 0.3 is 0 Å². The minimum absolute atomic E-state index is 0.153. The fourth-order valence-electron chi connectivity index (χ4n) is 7.13. The molecule has 276 valence electrons. The van der Waals surface area contributed by atoms with E-state index in [1.165, 1.54) is 3.57 Å². The third-order valence-corrected chi connectivity index (χ3v) is 10.5. The van der Waals surface area contributed by atoms with Gasteiger partial charge in [0.05, 0.1) is 37.3 Å². The maximum absolute atomic E-state index is 11.9. The van der Waals surface area contributed by atoms with Crippen LogP contribution in [-0.2, 0) is 0 Å². The highest BCUT2D eigenvalue weighted by molar-refractivity contribution is 14.1. The van der Waals surface area contributed by atoms with Crippen LogP contribution in [0.1, 0.15) is 0 Å². The summed E-state index contributed by atoms with van der Waals surface area (Å²) >= 11 is 2.28. The number of hydrogen-bond acceptors (Lipinski definition) is 4. The van der Waals surface area contributed by atoms with Crippen molar-refractivity contribution in [1.29, 1.82) is 0 Å². The van der Waals surface area contributed by atoms with Gasteiger partial charge in [-0.25, -0.2) is 0 Å². The Hall–Kier alpha value is -7.11. The molecule has 0 unspecified atom stereocenters. The van der Waals surface area contributed by atoms with Gasteiger partial charge in [0.1, 0.15) is 0 Å². The van der Waals surface area contributed by atoms with Crippen molar-refractivity contribution >= 4 is 77.3 Å². The summed E-state index contributed by atoms with van der Waals surface area (Å²) in [5.41, 5.74) is 6.46. The zero-order valence-electron chi connectivity index (χ0n) is 30.3. The molecule has 8 aromatic carbocycles. The predicted octanol–water partition coefficient (Wildman–Crippen LogP) is 13.5. The minimum Gasteiger partial charge on any atom is -0.361 e. The molecule has 0 spiro atoms. The van der Waals surface area contributed by atoms with E-state index in [4.69, 9.17) is 0 Å². The molecule has 0 fully saturated rings. The summed E-state index contributed by atoms with van der Waals surface area (Å²) in [4.78, 5) is 26.0. The number of nitro groups is 2. The Morgan fingerprint density at radius 1 is 0.491 bits per heavy atom. The van der Waals surface area contributed by atoms with E-state index in [2.05, 4.69) is 56.4 Å². The monoisotopic (exact) mass is 856 g/mol. The standard InChI is InChI=1S/C24H16N2O2.C18H12N2O2.C6H5I/c27-26(28)24-21-9-5-4-6-17(21)10-12-22(24)18-11-13-23-19(16-18)14-15-25(23)20-7-2-1-3-8-20;21-20(22)18-15-4-2-1-3-12(15)5-7-16(18)13-6-8-17-14(11-13)9-10-19-17;7-6-4-2-1-3-5-6/h1-16H;1-11,19H;1-5H. The van der Waals surface area contributed by atoms with Gasteiger partial charge in [0.15, 0.2) is 0 Å². The number of fused-ring (bicyclic) bond motifs is 4. The van der Waals surface area contributed by atoms with Gasteiger partial charge in [-0.05, 0) is 135 Å². The number of nitrogens with zero attached hydrogens (tertiary/aromatic N) is 3. The summed E-state index contributed by atoms with van der Waals surface area (Å²) in [6.07, 6.45) is 3.89. The van der Waals surface area contributed by atoms with Crippen molar-refractivity contribution in [3.8, 4) is 27.9 Å². The number of aromatic amines is 1. The maximum atomic E-state index is 11.9. The molecule has 0 amide bonds. The second-order valence-corrected chi connectivity index (χ2v) is 14.5. The third kappa shape index (κ3) is 7.73. The molecule has 0 aliphatic carbocycles. The Morgan fingerprint density at radius 3 is 1.58 bits per heavy atom. The number of aromatic nitrogens is 2. The lowest BCUT2D eigenvalue weighted by molar-refractivity contribution is -0.382. The van der Waals surface area contributed by atoms with Crippen LogP contribution in [0.15, 0.2) is 194 Å². The van der Waals surface area contributed by atoms with E-state index in [1.807, 2.05) is 158 Å². The van der Waals surface area contributed by atoms with E-state index in [9.17, 15) is 20.2 Å². The van der Waals surface area contributed by atoms with Crippen LogP contribution < -0.4 is 0 Å². The molecule has 0 saturated heterocycles. The second-order valence-electron chi connectivity index (χ2n) is 13.3. The van der Waals surface area contributed by atoms with Crippen LogP contribution in [0.2, 0.25) is 0 Å². The SMILES string of the molecule is Ic1ccccc1.O=[N+]([O-])c1c(-c2ccc3[nH]ccc3c2)ccc2ccccc12.O=[N+]([O-])c1c(-c2ccc3c(ccn3-c3ccccc3)c2)ccc2ccccc12. The number of H-pyrrole nitrogens is 1. The van der Waals surface area contributed by atoms with Crippen molar-refractivity contribution in [2.45, 2.75) is 0 Å². The fraction of sp³-hybridized carbons (Fsp3) is 0. The second kappa shape index (κ2) is 16.3. The first kappa shape index (κ1) is 36.8. The molecular formula is C48H33IN4O4. The number of hydrogen-bond donors (Lipinski definition) is 1. The molecule has 10 rings (SSSR count). The number of nitrogens with one attached hydrogen (secondary N) is 1. The van der Waals surface area contributed by atoms with Gasteiger partial charge in [-0.15, -0.1) is 0 Å². The lowest BCUT2D eigenvalue weighted by Gasteiger charge is -2.08. The van der Waals surface area contributed by atoms with Crippen molar-refractivity contribution in [3.63, 3.8) is 0 Å². The van der Waals surface area contributed by atoms with Crippen molar-refractivity contribution in [1.82, 2.24) is 9.55 Å². The van der Waals surface area contributed by atoms with E-state index in [0.29, 0.717) is 21.9 Å². The topological polar surface area (TPSA) is 107 Å². The molecule has 10 aromatic rings. The molecule has 2 heterocycles. The first-order chi connectivity index (χ1) is 27.9. The maximum Gasteiger partial charge on any atom is 0.284 e. The van der Waals surface area contributed by atoms with E-state index < -0.39 is 0 Å². The molecule has 0 aliphatic heterocycles. The lowest BCUT2D eigenvalue weighted by Crippen LogP contribution is -1.94. The first-order valence-corrected chi connectivity index (χ1v) is 19.2. The molecule has 57 heavy (non-hydrogen) atoms. The van der Waals surface area contributed by atoms with Crippen LogP contribution in [0.3, 0.4) is 0 Å². The Bertz CT molecular complexity index is 3050. The normalized spacial score (nSPS) is 10.8. The summed E-state index contributed by atoms with van der Waals surface area (Å²) in [6, 6.07) is 58.6. The Morgan fingerprint density at radius 2 is 1.02 bits per heavy atom. The Labute approximate surface area is 341 Å². The van der Waals surface area contributed by atoms with Crippen LogP contribution in [-0.4, -0.2) is 19.4 Å². The van der Waals surface area contributed by atoms with Crippen molar-refractivity contribution in [3.05, 3.63) is 218 Å². The zero-order chi connectivity index (χ0) is 39.3. The molecular weight excluding hydrogens is 823 g/mol. The minimum atomic E-state index is -0.293. The smallest absolute Gasteiger partial charge is 0.284 e. The van der Waals surface area contributed by atoms with Gasteiger partial charge < -0.3 is 9.55 Å². The van der Waals surface area contributed by atoms with Gasteiger partial charge in [0.25, 0.3) is 11.4 Å². The van der Waals surface area contributed by atoms with Crippen molar-refractivity contribution in [2.75, 3.05) is 0 Å². The summed E-state index contributed by atoms with van der Waals surface area (Å²) in [5, 5.41) is 28.6. The average molecular weight is 857 g/mol. The summed E-state index contributed by atoms with van der Waals surface area (Å²) in [7, 11) is 0. The molecule has 0 radical (unpaired) electrons. The van der Waals surface area contributed by atoms with Crippen LogP contribution in [0, 0.1) is 23.8 Å². The van der Waals surface area contributed by atoms with Crippen LogP contribution in [0.4, 0.5) is 11.4 Å². The molecule has 1 N–H and O–H groups in total. The lowest BCUT2D eigenvalue weighted by atomic mass is 9.97. The quantitative estimate of drug-likeness (QED) is 0.106. The van der Waals surface area contributed by atoms with Gasteiger partial charge in [-0.1, -0.05) is 97.1 Å². The molecule has 0 saturated carbocycles. The van der Waals surface area contributed by atoms with E-state index in [-0.39, 0.29) is 21.2 Å². The number of nitro benzene ring substituents is 2. The summed E-state index contributed by atoms with van der Waals surface area (Å²) in [5.74, 6) is 0. The van der Waals surface area contributed by atoms with Gasteiger partial charge in [0.2, 0.25) is 0 Å². The van der Waals surface area contributed by atoms with Gasteiger partial charge in [-0.3, -0.25) is 20.2 Å². The molecule has 9 heteroatoms. The predicted molar refractivity (Wildman–Crippen MR) is 240 cm³/mol. The van der Waals surface area contributed by atoms with Crippen LogP contribution >= 0.6 is 22.6 Å². The van der Waals surface area contributed by atoms with E-state index >= 15 is 0 Å². The third-order valence-electron chi connectivity index (χ3n) is 9.80. The molecule has 8 nitrogen and oxygen atoms in total. The number of rotatable bonds is 5. The first-order valence-electron chi connectivity index (χ1n) is 18.1. The largest absolute Gasteiger partial charge is 0.361 e. The summed E-state index contributed by atoms with van der Waals surface area (Å²) in [6.45, 7) is 0. The number of halogens is 1. The van der Waals surface area contributed by atoms with Gasteiger partial charge in [-0.2, -0.15) is 0 Å². The average Bonchev–Trinajstić information content (AvgIpc) is 3.91. The highest BCUT2D eigenvalue weighted by Gasteiger charge is 2.21. The van der Waals surface area contributed by atoms with Crippen molar-refractivity contribution < 1.29 is 9.85 Å². The molecule has 0 bridgehead atoms. The summed E-state index contributed by atoms with van der Waals surface area (Å²) < 4.78 is 3.41. The number of para-hydroxylation sites is 1. The molecule has 2 aromatic heterocycles. The highest BCUT2D eigenvalue weighted by atomic mass is 127. The van der Waals surface area contributed by atoms with Crippen LogP contribution in [0.5, 0.6) is 0 Å². The zero-order valence-corrected chi connectivity index (χ0v) is 32.5. The van der Waals surface area contributed by atoms with Crippen molar-refractivity contribution in [2.24, 2.45) is 0 Å². The number of benzene rings is 8.